The minimum atomic E-state index is -3.51. The number of sulfone groups is 1. The number of nitrogens with zero attached hydrogens (tertiary/aromatic N) is 2. The third-order valence-corrected chi connectivity index (χ3v) is 9.19. The molecule has 3 aromatic rings. The molecule has 0 atom stereocenters. The van der Waals surface area contributed by atoms with Crippen LogP contribution in [0.3, 0.4) is 0 Å². The van der Waals surface area contributed by atoms with Crippen molar-refractivity contribution in [3.8, 4) is 22.8 Å². The van der Waals surface area contributed by atoms with E-state index in [9.17, 15) is 8.42 Å². The summed E-state index contributed by atoms with van der Waals surface area (Å²) in [6.45, 7) is 5.49. The molecular weight excluding hydrogens is 444 g/mol. The lowest BCUT2D eigenvalue weighted by Gasteiger charge is -2.31. The smallest absolute Gasteiger partial charge is 0.185 e. The molecule has 1 aromatic heterocycles. The predicted molar refractivity (Wildman–Crippen MR) is 129 cm³/mol. The lowest BCUT2D eigenvalue weighted by molar-refractivity contribution is 0.385. The number of piperidine rings is 1. The maximum atomic E-state index is 13.3. The van der Waals surface area contributed by atoms with E-state index in [1.165, 1.54) is 18.2 Å². The Balaban J connectivity index is 1.49. The summed E-state index contributed by atoms with van der Waals surface area (Å²) >= 11 is 1.61. The van der Waals surface area contributed by atoms with E-state index in [0.29, 0.717) is 37.4 Å². The molecule has 0 N–H and O–H groups in total. The summed E-state index contributed by atoms with van der Waals surface area (Å²) in [5, 5.41) is 2.58. The summed E-state index contributed by atoms with van der Waals surface area (Å²) in [4.78, 5) is 7.28. The number of rotatable bonds is 6. The highest BCUT2D eigenvalue weighted by Crippen LogP contribution is 2.36. The van der Waals surface area contributed by atoms with Crippen molar-refractivity contribution in [2.45, 2.75) is 36.8 Å². The Bertz CT molecular complexity index is 1210. The molecule has 32 heavy (non-hydrogen) atoms. The molecule has 1 saturated heterocycles. The van der Waals surface area contributed by atoms with Crippen LogP contribution in [0.1, 0.15) is 24.0 Å². The number of aryl methyl sites for hydroxylation is 2. The Morgan fingerprint density at radius 3 is 2.47 bits per heavy atom. The number of anilines is 1. The van der Waals surface area contributed by atoms with E-state index in [4.69, 9.17) is 14.5 Å². The van der Waals surface area contributed by atoms with E-state index in [2.05, 4.69) is 42.3 Å². The van der Waals surface area contributed by atoms with Gasteiger partial charge in [-0.05, 0) is 50.5 Å². The summed E-state index contributed by atoms with van der Waals surface area (Å²) < 4.78 is 37.2. The Morgan fingerprint density at radius 2 is 1.78 bits per heavy atom. The molecule has 1 aliphatic rings. The molecule has 0 unspecified atom stereocenters. The molecule has 0 amide bonds. The van der Waals surface area contributed by atoms with Crippen molar-refractivity contribution in [1.29, 1.82) is 0 Å². The van der Waals surface area contributed by atoms with Crippen LogP contribution in [0, 0.1) is 13.8 Å². The third kappa shape index (κ3) is 4.34. The standard InChI is InChI=1S/C24H28N2O4S2/c1-16-5-6-17(2)20(13-16)21-15-31-24(25-21)26-11-9-19(10-12-26)32(27,28)23-8-7-18(29-3)14-22(23)30-4/h5-8,13-15,19H,9-12H2,1-4H3. The van der Waals surface area contributed by atoms with Crippen molar-refractivity contribution in [2.24, 2.45) is 0 Å². The van der Waals surface area contributed by atoms with Gasteiger partial charge in [-0.1, -0.05) is 17.7 Å². The number of thiazole rings is 1. The molecule has 0 aliphatic carbocycles. The highest BCUT2D eigenvalue weighted by Gasteiger charge is 2.34. The van der Waals surface area contributed by atoms with Crippen molar-refractivity contribution in [3.63, 3.8) is 0 Å². The van der Waals surface area contributed by atoms with E-state index in [1.807, 2.05) is 0 Å². The molecular formula is C24H28N2O4S2. The average molecular weight is 473 g/mol. The molecule has 2 aromatic carbocycles. The minimum absolute atomic E-state index is 0.228. The van der Waals surface area contributed by atoms with Gasteiger partial charge in [0.1, 0.15) is 16.4 Å². The van der Waals surface area contributed by atoms with Crippen LogP contribution in [0.25, 0.3) is 11.3 Å². The van der Waals surface area contributed by atoms with Crippen molar-refractivity contribution in [3.05, 3.63) is 52.9 Å². The number of hydrogen-bond acceptors (Lipinski definition) is 7. The lowest BCUT2D eigenvalue weighted by atomic mass is 10.0. The van der Waals surface area contributed by atoms with Gasteiger partial charge in [0, 0.05) is 30.1 Å². The maximum absolute atomic E-state index is 13.3. The van der Waals surface area contributed by atoms with Crippen LogP contribution in [0.15, 0.2) is 46.7 Å². The first-order valence-electron chi connectivity index (χ1n) is 10.6. The van der Waals surface area contributed by atoms with Crippen molar-refractivity contribution < 1.29 is 17.9 Å². The summed E-state index contributed by atoms with van der Waals surface area (Å²) in [7, 11) is -0.485. The summed E-state index contributed by atoms with van der Waals surface area (Å²) in [6, 6.07) is 11.2. The van der Waals surface area contributed by atoms with Crippen LogP contribution in [0.2, 0.25) is 0 Å². The predicted octanol–water partition coefficient (Wildman–Crippen LogP) is 4.89. The minimum Gasteiger partial charge on any atom is -0.497 e. The van der Waals surface area contributed by atoms with Crippen LogP contribution in [0.4, 0.5) is 5.13 Å². The summed E-state index contributed by atoms with van der Waals surface area (Å²) in [5.74, 6) is 0.893. The largest absolute Gasteiger partial charge is 0.497 e. The molecule has 0 spiro atoms. The SMILES string of the molecule is COc1ccc(S(=O)(=O)C2CCN(c3nc(-c4cc(C)ccc4C)cs3)CC2)c(OC)c1. The van der Waals surface area contributed by atoms with E-state index in [-0.39, 0.29) is 4.90 Å². The van der Waals surface area contributed by atoms with Gasteiger partial charge < -0.3 is 14.4 Å². The van der Waals surface area contributed by atoms with Gasteiger partial charge in [-0.15, -0.1) is 11.3 Å². The van der Waals surface area contributed by atoms with Crippen molar-refractivity contribution in [2.75, 3.05) is 32.2 Å². The average Bonchev–Trinajstić information content (AvgIpc) is 3.30. The molecule has 2 heterocycles. The molecule has 0 saturated carbocycles. The first-order chi connectivity index (χ1) is 15.3. The first-order valence-corrected chi connectivity index (χ1v) is 13.0. The van der Waals surface area contributed by atoms with Gasteiger partial charge >= 0.3 is 0 Å². The van der Waals surface area contributed by atoms with Gasteiger partial charge in [0.05, 0.1) is 25.2 Å². The van der Waals surface area contributed by atoms with Crippen LogP contribution < -0.4 is 14.4 Å². The normalized spacial score (nSPS) is 15.1. The van der Waals surface area contributed by atoms with E-state index in [1.54, 1.807) is 36.6 Å². The van der Waals surface area contributed by atoms with E-state index >= 15 is 0 Å². The lowest BCUT2D eigenvalue weighted by Crippen LogP contribution is -2.39. The van der Waals surface area contributed by atoms with E-state index < -0.39 is 15.1 Å². The third-order valence-electron chi connectivity index (χ3n) is 5.99. The zero-order chi connectivity index (χ0) is 22.9. The molecule has 1 aliphatic heterocycles. The molecule has 170 valence electrons. The number of ether oxygens (including phenoxy) is 2. The highest BCUT2D eigenvalue weighted by atomic mass is 32.2. The molecule has 0 radical (unpaired) electrons. The Labute approximate surface area is 193 Å². The second kappa shape index (κ2) is 9.11. The molecule has 8 heteroatoms. The fourth-order valence-corrected chi connectivity index (χ4v) is 6.84. The number of methoxy groups -OCH3 is 2. The van der Waals surface area contributed by atoms with Crippen LogP contribution in [-0.2, 0) is 9.84 Å². The zero-order valence-corrected chi connectivity index (χ0v) is 20.4. The van der Waals surface area contributed by atoms with Crippen LogP contribution in [-0.4, -0.2) is 46.0 Å². The van der Waals surface area contributed by atoms with E-state index in [0.717, 1.165) is 16.4 Å². The topological polar surface area (TPSA) is 68.7 Å². The highest BCUT2D eigenvalue weighted by molar-refractivity contribution is 7.92. The van der Waals surface area contributed by atoms with Gasteiger partial charge in [-0.2, -0.15) is 0 Å². The van der Waals surface area contributed by atoms with Gasteiger partial charge in [0.2, 0.25) is 0 Å². The number of hydrogen-bond donors (Lipinski definition) is 0. The zero-order valence-electron chi connectivity index (χ0n) is 18.8. The molecule has 1 fully saturated rings. The number of aromatic nitrogens is 1. The molecule has 0 bridgehead atoms. The van der Waals surface area contributed by atoms with Crippen molar-refractivity contribution >= 4 is 26.3 Å². The first kappa shape index (κ1) is 22.6. The van der Waals surface area contributed by atoms with Crippen LogP contribution in [0.5, 0.6) is 11.5 Å². The quantitative estimate of drug-likeness (QED) is 0.509. The van der Waals surface area contributed by atoms with Crippen molar-refractivity contribution in [1.82, 2.24) is 4.98 Å². The number of benzene rings is 2. The van der Waals surface area contributed by atoms with Gasteiger partial charge in [-0.3, -0.25) is 0 Å². The monoisotopic (exact) mass is 472 g/mol. The summed E-state index contributed by atoms with van der Waals surface area (Å²) in [6.07, 6.45) is 1.10. The van der Waals surface area contributed by atoms with Crippen LogP contribution >= 0.6 is 11.3 Å². The molecule has 4 rings (SSSR count). The second-order valence-corrected chi connectivity index (χ2v) is 11.1. The maximum Gasteiger partial charge on any atom is 0.185 e. The fraction of sp³-hybridized carbons (Fsp3) is 0.375. The van der Waals surface area contributed by atoms with Gasteiger partial charge in [-0.25, -0.2) is 13.4 Å². The Kier molecular flexibility index (Phi) is 6.44. The molecule has 6 nitrogen and oxygen atoms in total. The summed E-state index contributed by atoms with van der Waals surface area (Å²) in [5.41, 5.74) is 4.53. The fourth-order valence-electron chi connectivity index (χ4n) is 4.09. The Morgan fingerprint density at radius 1 is 1.03 bits per heavy atom. The van der Waals surface area contributed by atoms with Gasteiger partial charge in [0.15, 0.2) is 15.0 Å². The second-order valence-electron chi connectivity index (χ2n) is 8.08. The van der Waals surface area contributed by atoms with Gasteiger partial charge in [0.25, 0.3) is 0 Å². The Hall–Kier alpha value is -2.58.